The van der Waals surface area contributed by atoms with E-state index in [4.69, 9.17) is 16.3 Å². The number of ether oxygens (including phenoxy) is 1. The highest BCUT2D eigenvalue weighted by molar-refractivity contribution is 7.70. The molecular formula is C30H38ClN6O2P. The molecule has 3 aromatic rings. The van der Waals surface area contributed by atoms with Gasteiger partial charge >= 0.3 is 0 Å². The molecule has 8 nitrogen and oxygen atoms in total. The number of likely N-dealkylation sites (tertiary alicyclic amines) is 1. The maximum Gasteiger partial charge on any atom is 0.227 e. The Bertz CT molecular complexity index is 1420. The van der Waals surface area contributed by atoms with E-state index in [0.29, 0.717) is 27.8 Å². The monoisotopic (exact) mass is 580 g/mol. The number of aromatic nitrogens is 2. The molecule has 1 N–H and O–H groups in total. The van der Waals surface area contributed by atoms with Crippen LogP contribution in [-0.4, -0.2) is 74.7 Å². The number of aliphatic imine (C=N–C) groups is 1. The highest BCUT2D eigenvalue weighted by atomic mass is 35.5. The summed E-state index contributed by atoms with van der Waals surface area (Å²) in [7, 11) is 1.41. The van der Waals surface area contributed by atoms with Crippen LogP contribution in [0.5, 0.6) is 5.75 Å². The third-order valence-corrected chi connectivity index (χ3v) is 10.1. The predicted molar refractivity (Wildman–Crippen MR) is 167 cm³/mol. The number of anilines is 3. The fraction of sp³-hybridized carbons (Fsp3) is 0.433. The van der Waals surface area contributed by atoms with Crippen LogP contribution in [0.4, 0.5) is 23.0 Å². The molecule has 2 aromatic carbocycles. The van der Waals surface area contributed by atoms with Crippen molar-refractivity contribution in [3.63, 3.8) is 0 Å². The van der Waals surface area contributed by atoms with Crippen molar-refractivity contribution < 1.29 is 9.30 Å². The van der Waals surface area contributed by atoms with Gasteiger partial charge in [-0.15, -0.1) is 0 Å². The minimum absolute atomic E-state index is 0.373. The van der Waals surface area contributed by atoms with Gasteiger partial charge in [0, 0.05) is 30.1 Å². The molecule has 3 heterocycles. The molecule has 0 saturated carbocycles. The molecule has 10 heteroatoms. The summed E-state index contributed by atoms with van der Waals surface area (Å²) in [4.78, 5) is 18.4. The maximum absolute atomic E-state index is 12.7. The number of hydrogen-bond donors (Lipinski definition) is 1. The van der Waals surface area contributed by atoms with Gasteiger partial charge in [-0.1, -0.05) is 23.7 Å². The lowest BCUT2D eigenvalue weighted by Crippen LogP contribution is -2.46. The van der Waals surface area contributed by atoms with Crippen LogP contribution in [0.2, 0.25) is 5.02 Å². The number of para-hydroxylation sites is 1. The molecule has 0 amide bonds. The number of piperidine rings is 2. The zero-order valence-electron chi connectivity index (χ0n) is 23.7. The first-order valence-corrected chi connectivity index (χ1v) is 16.7. The lowest BCUT2D eigenvalue weighted by Gasteiger charge is -2.47. The summed E-state index contributed by atoms with van der Waals surface area (Å²) in [6, 6.07) is 13.6. The number of nitrogens with zero attached hydrogens (tertiary/aromatic N) is 5. The molecular weight excluding hydrogens is 543 g/mol. The van der Waals surface area contributed by atoms with Crippen LogP contribution in [0.15, 0.2) is 53.7 Å². The van der Waals surface area contributed by atoms with Crippen molar-refractivity contribution in [1.29, 1.82) is 0 Å². The minimum Gasteiger partial charge on any atom is -0.494 e. The SMILES string of the molecule is COc1cc(N2CCC3(CCN(C)CC3)CC2)ccc1Nc1ncc(Cl)c(C=Nc2ccccc2P(C)(C)=O)n1. The number of benzene rings is 2. The number of rotatable bonds is 7. The van der Waals surface area contributed by atoms with Crippen LogP contribution in [0.25, 0.3) is 0 Å². The predicted octanol–water partition coefficient (Wildman–Crippen LogP) is 6.19. The molecule has 0 unspecified atom stereocenters. The molecule has 5 rings (SSSR count). The number of nitrogens with one attached hydrogen (secondary N) is 1. The summed E-state index contributed by atoms with van der Waals surface area (Å²) in [6.07, 6.45) is 8.22. The van der Waals surface area contributed by atoms with Crippen molar-refractivity contribution in [1.82, 2.24) is 14.9 Å². The molecule has 0 bridgehead atoms. The van der Waals surface area contributed by atoms with Crippen LogP contribution < -0.4 is 20.3 Å². The van der Waals surface area contributed by atoms with Gasteiger partial charge in [0.25, 0.3) is 0 Å². The Morgan fingerprint density at radius 2 is 1.77 bits per heavy atom. The molecule has 1 spiro atoms. The fourth-order valence-electron chi connectivity index (χ4n) is 5.62. The Morgan fingerprint density at radius 3 is 2.48 bits per heavy atom. The molecule has 0 radical (unpaired) electrons. The van der Waals surface area contributed by atoms with E-state index in [2.05, 4.69) is 49.3 Å². The maximum atomic E-state index is 12.7. The van der Waals surface area contributed by atoms with E-state index in [1.165, 1.54) is 38.8 Å². The third kappa shape index (κ3) is 6.51. The quantitative estimate of drug-likeness (QED) is 0.263. The molecule has 0 atom stereocenters. The summed E-state index contributed by atoms with van der Waals surface area (Å²) in [5.74, 6) is 1.10. The van der Waals surface area contributed by atoms with Crippen LogP contribution in [-0.2, 0) is 4.57 Å². The van der Waals surface area contributed by atoms with Gasteiger partial charge in [0.1, 0.15) is 18.6 Å². The van der Waals surface area contributed by atoms with Crippen molar-refractivity contribution in [2.45, 2.75) is 25.7 Å². The number of hydrogen-bond acceptors (Lipinski definition) is 8. The summed E-state index contributed by atoms with van der Waals surface area (Å²) >= 11 is 6.39. The highest BCUT2D eigenvalue weighted by Gasteiger charge is 2.37. The zero-order chi connectivity index (χ0) is 28.3. The molecule has 1 aromatic heterocycles. The second-order valence-electron chi connectivity index (χ2n) is 11.3. The van der Waals surface area contributed by atoms with Gasteiger partial charge in [-0.25, -0.2) is 9.97 Å². The Kier molecular flexibility index (Phi) is 8.50. The molecule has 2 aliphatic heterocycles. The second kappa shape index (κ2) is 11.9. The van der Waals surface area contributed by atoms with E-state index in [-0.39, 0.29) is 0 Å². The average Bonchev–Trinajstić information content (AvgIpc) is 2.95. The fourth-order valence-corrected chi connectivity index (χ4v) is 6.89. The Labute approximate surface area is 242 Å². The molecule has 40 heavy (non-hydrogen) atoms. The Balaban J connectivity index is 1.30. The smallest absolute Gasteiger partial charge is 0.227 e. The van der Waals surface area contributed by atoms with E-state index in [9.17, 15) is 4.57 Å². The Morgan fingerprint density at radius 1 is 1.07 bits per heavy atom. The van der Waals surface area contributed by atoms with Crippen LogP contribution >= 0.6 is 18.7 Å². The van der Waals surface area contributed by atoms with Crippen molar-refractivity contribution in [3.8, 4) is 5.75 Å². The highest BCUT2D eigenvalue weighted by Crippen LogP contribution is 2.43. The second-order valence-corrected chi connectivity index (χ2v) is 14.9. The number of halogens is 1. The van der Waals surface area contributed by atoms with Gasteiger partial charge in [-0.05, 0) is 88.8 Å². The van der Waals surface area contributed by atoms with Gasteiger partial charge in [0.05, 0.1) is 35.9 Å². The zero-order valence-corrected chi connectivity index (χ0v) is 25.4. The van der Waals surface area contributed by atoms with Gasteiger partial charge in [-0.3, -0.25) is 4.99 Å². The van der Waals surface area contributed by atoms with Crippen molar-refractivity contribution in [3.05, 3.63) is 59.4 Å². The van der Waals surface area contributed by atoms with Crippen LogP contribution in [0.3, 0.4) is 0 Å². The first-order valence-electron chi connectivity index (χ1n) is 13.8. The normalized spacial score (nSPS) is 17.9. The standard InChI is InChI=1S/C30H38ClN6O2P/c1-36-15-11-30(12-16-36)13-17-37(18-14-30)22-9-10-24(27(19-22)39-2)34-29-33-20-23(31)26(35-29)21-32-25-7-5-6-8-28(25)40(3,4)38/h5-10,19-21H,11-18H2,1-4H3,(H,33,34,35). The first kappa shape index (κ1) is 28.6. The van der Waals surface area contributed by atoms with Crippen molar-refractivity contribution >= 4 is 53.3 Å². The van der Waals surface area contributed by atoms with Crippen molar-refractivity contribution in [2.24, 2.45) is 10.4 Å². The summed E-state index contributed by atoms with van der Waals surface area (Å²) in [5.41, 5.74) is 3.54. The molecule has 2 aliphatic rings. The summed E-state index contributed by atoms with van der Waals surface area (Å²) in [5, 5.41) is 4.36. The van der Waals surface area contributed by atoms with Crippen LogP contribution in [0.1, 0.15) is 31.4 Å². The van der Waals surface area contributed by atoms with Gasteiger partial charge in [-0.2, -0.15) is 0 Å². The van der Waals surface area contributed by atoms with E-state index in [1.54, 1.807) is 32.9 Å². The van der Waals surface area contributed by atoms with E-state index < -0.39 is 7.14 Å². The van der Waals surface area contributed by atoms with Crippen LogP contribution in [0, 0.1) is 5.41 Å². The van der Waals surface area contributed by atoms with E-state index >= 15 is 0 Å². The van der Waals surface area contributed by atoms with Gasteiger partial charge < -0.3 is 24.4 Å². The molecule has 212 valence electrons. The Hall–Kier alpha value is -2.93. The molecule has 2 fully saturated rings. The average molecular weight is 581 g/mol. The van der Waals surface area contributed by atoms with E-state index in [0.717, 1.165) is 35.5 Å². The lowest BCUT2D eigenvalue weighted by atomic mass is 9.71. The van der Waals surface area contributed by atoms with Gasteiger partial charge in [0.15, 0.2) is 0 Å². The third-order valence-electron chi connectivity index (χ3n) is 8.23. The lowest BCUT2D eigenvalue weighted by molar-refractivity contribution is 0.0945. The minimum atomic E-state index is -2.49. The summed E-state index contributed by atoms with van der Waals surface area (Å²) < 4.78 is 18.4. The molecule has 2 saturated heterocycles. The topological polar surface area (TPSA) is 83.0 Å². The number of methoxy groups -OCH3 is 1. The van der Waals surface area contributed by atoms with Crippen molar-refractivity contribution in [2.75, 3.05) is 63.9 Å². The first-order chi connectivity index (χ1) is 19.2. The van der Waals surface area contributed by atoms with Gasteiger partial charge in [0.2, 0.25) is 5.95 Å². The largest absolute Gasteiger partial charge is 0.494 e. The van der Waals surface area contributed by atoms with E-state index in [1.807, 2.05) is 30.3 Å². The molecule has 0 aliphatic carbocycles. The summed E-state index contributed by atoms with van der Waals surface area (Å²) in [6.45, 7) is 8.02.